The highest BCUT2D eigenvalue weighted by molar-refractivity contribution is 5.55. The Labute approximate surface area is 179 Å². The van der Waals surface area contributed by atoms with Crippen LogP contribution in [0.5, 0.6) is 0 Å². The van der Waals surface area contributed by atoms with E-state index >= 15 is 0 Å². The van der Waals surface area contributed by atoms with Crippen molar-refractivity contribution < 1.29 is 0 Å². The molecule has 0 amide bonds. The van der Waals surface area contributed by atoms with Crippen LogP contribution in [0.3, 0.4) is 0 Å². The number of aromatic nitrogens is 4. The molecule has 0 bridgehead atoms. The second kappa shape index (κ2) is 8.19. The Kier molecular flexibility index (Phi) is 5.60. The molecule has 30 heavy (non-hydrogen) atoms. The van der Waals surface area contributed by atoms with Crippen LogP contribution >= 0.6 is 0 Å². The summed E-state index contributed by atoms with van der Waals surface area (Å²) in [5.74, 6) is 0.911. The van der Waals surface area contributed by atoms with Crippen LogP contribution in [-0.4, -0.2) is 51.3 Å². The van der Waals surface area contributed by atoms with E-state index in [2.05, 4.69) is 108 Å². The molecule has 6 heteroatoms. The first-order chi connectivity index (χ1) is 14.3. The Morgan fingerprint density at radius 1 is 0.900 bits per heavy atom. The van der Waals surface area contributed by atoms with Gasteiger partial charge in [-0.2, -0.15) is 0 Å². The van der Waals surface area contributed by atoms with E-state index in [1.807, 2.05) is 4.68 Å². The zero-order valence-electron chi connectivity index (χ0n) is 18.7. The van der Waals surface area contributed by atoms with Gasteiger partial charge in [0.1, 0.15) is 0 Å². The van der Waals surface area contributed by atoms with E-state index in [9.17, 15) is 0 Å². The molecule has 1 saturated heterocycles. The minimum atomic E-state index is -0.174. The summed E-state index contributed by atoms with van der Waals surface area (Å²) in [5.41, 5.74) is 5.06. The lowest BCUT2D eigenvalue weighted by atomic mass is 10.0. The average molecular weight is 405 g/mol. The zero-order chi connectivity index (χ0) is 21.3. The maximum absolute atomic E-state index is 4.48. The quantitative estimate of drug-likeness (QED) is 0.659. The zero-order valence-corrected chi connectivity index (χ0v) is 18.7. The first-order valence-electron chi connectivity index (χ1n) is 10.7. The van der Waals surface area contributed by atoms with Crippen molar-refractivity contribution in [2.45, 2.75) is 46.2 Å². The van der Waals surface area contributed by atoms with Crippen LogP contribution < -0.4 is 4.90 Å². The summed E-state index contributed by atoms with van der Waals surface area (Å²) in [7, 11) is 0. The number of aryl methyl sites for hydroxylation is 2. The lowest BCUT2D eigenvalue weighted by molar-refractivity contribution is 0.191. The molecule has 0 unspecified atom stereocenters. The topological polar surface area (TPSA) is 50.1 Å². The largest absolute Gasteiger partial charge is 0.369 e. The molecule has 4 rings (SSSR count). The van der Waals surface area contributed by atoms with Crippen molar-refractivity contribution in [1.82, 2.24) is 25.1 Å². The fourth-order valence-electron chi connectivity index (χ4n) is 4.28. The smallest absolute Gasteiger partial charge is 0.173 e. The maximum atomic E-state index is 4.48. The van der Waals surface area contributed by atoms with Gasteiger partial charge in [-0.1, -0.05) is 42.5 Å². The fraction of sp³-hybridized carbons (Fsp3) is 0.458. The van der Waals surface area contributed by atoms with Gasteiger partial charge in [0.05, 0.1) is 11.6 Å². The van der Waals surface area contributed by atoms with Crippen molar-refractivity contribution in [3.8, 4) is 0 Å². The van der Waals surface area contributed by atoms with Gasteiger partial charge in [-0.3, -0.25) is 4.90 Å². The van der Waals surface area contributed by atoms with Crippen molar-refractivity contribution in [2.75, 3.05) is 31.1 Å². The summed E-state index contributed by atoms with van der Waals surface area (Å²) >= 11 is 0. The Hall–Kier alpha value is -2.73. The highest BCUT2D eigenvalue weighted by atomic mass is 15.6. The number of nitrogens with zero attached hydrogens (tertiary/aromatic N) is 6. The lowest BCUT2D eigenvalue weighted by Gasteiger charge is -2.41. The van der Waals surface area contributed by atoms with Gasteiger partial charge in [-0.25, -0.2) is 4.68 Å². The molecule has 2 heterocycles. The standard InChI is InChI=1S/C24H32N6/c1-18-11-12-19(2)21(17-18)28-13-15-29(16-14-28)22(20-9-7-6-8-10-20)23-25-26-27-30(23)24(3,4)5/h6-12,17,22H,13-16H2,1-5H3/t22-/m1/s1. The van der Waals surface area contributed by atoms with Crippen molar-refractivity contribution in [1.29, 1.82) is 0 Å². The highest BCUT2D eigenvalue weighted by Gasteiger charge is 2.33. The number of rotatable bonds is 4. The third kappa shape index (κ3) is 4.10. The molecule has 2 aromatic carbocycles. The molecule has 6 nitrogen and oxygen atoms in total. The van der Waals surface area contributed by atoms with E-state index in [-0.39, 0.29) is 11.6 Å². The maximum Gasteiger partial charge on any atom is 0.173 e. The van der Waals surface area contributed by atoms with Gasteiger partial charge in [0, 0.05) is 31.9 Å². The van der Waals surface area contributed by atoms with E-state index in [1.165, 1.54) is 22.4 Å². The van der Waals surface area contributed by atoms with Crippen LogP contribution in [-0.2, 0) is 5.54 Å². The van der Waals surface area contributed by atoms with Crippen LogP contribution in [0.15, 0.2) is 48.5 Å². The predicted octanol–water partition coefficient (Wildman–Crippen LogP) is 3.96. The number of hydrogen-bond acceptors (Lipinski definition) is 5. The molecule has 0 spiro atoms. The van der Waals surface area contributed by atoms with E-state index < -0.39 is 0 Å². The van der Waals surface area contributed by atoms with E-state index in [4.69, 9.17) is 0 Å². The Bertz CT molecular complexity index is 980. The molecule has 0 saturated carbocycles. The predicted molar refractivity (Wildman–Crippen MR) is 121 cm³/mol. The van der Waals surface area contributed by atoms with E-state index in [1.54, 1.807) is 0 Å². The van der Waals surface area contributed by atoms with Crippen molar-refractivity contribution in [2.24, 2.45) is 0 Å². The summed E-state index contributed by atoms with van der Waals surface area (Å²) in [4.78, 5) is 5.03. The SMILES string of the molecule is Cc1ccc(C)c(N2CCN([C@H](c3ccccc3)c3nnnn3C(C)(C)C)CC2)c1. The number of piperazine rings is 1. The van der Waals surface area contributed by atoms with Gasteiger partial charge in [0.25, 0.3) is 0 Å². The van der Waals surface area contributed by atoms with Crippen LogP contribution in [0.4, 0.5) is 5.69 Å². The molecule has 0 N–H and O–H groups in total. The van der Waals surface area contributed by atoms with Crippen molar-refractivity contribution >= 4 is 5.69 Å². The molecule has 1 aliphatic rings. The molecule has 0 aliphatic carbocycles. The monoisotopic (exact) mass is 404 g/mol. The molecular weight excluding hydrogens is 372 g/mol. The van der Waals surface area contributed by atoms with E-state index in [0.29, 0.717) is 0 Å². The molecule has 1 fully saturated rings. The molecule has 158 valence electrons. The summed E-state index contributed by atoms with van der Waals surface area (Å²) < 4.78 is 1.97. The molecule has 3 aromatic rings. The third-order valence-corrected chi connectivity index (χ3v) is 5.87. The fourth-order valence-corrected chi connectivity index (χ4v) is 4.28. The van der Waals surface area contributed by atoms with Crippen molar-refractivity contribution in [3.63, 3.8) is 0 Å². The highest BCUT2D eigenvalue weighted by Crippen LogP contribution is 2.31. The summed E-state index contributed by atoms with van der Waals surface area (Å²) in [6.45, 7) is 14.7. The minimum Gasteiger partial charge on any atom is -0.369 e. The summed E-state index contributed by atoms with van der Waals surface area (Å²) in [6, 6.07) is 17.4. The second-order valence-electron chi connectivity index (χ2n) is 9.25. The summed E-state index contributed by atoms with van der Waals surface area (Å²) in [6.07, 6.45) is 0. The first kappa shape index (κ1) is 20.5. The lowest BCUT2D eigenvalue weighted by Crippen LogP contribution is -2.49. The molecule has 1 aliphatic heterocycles. The van der Waals surface area contributed by atoms with Gasteiger partial charge in [0.15, 0.2) is 5.82 Å². The van der Waals surface area contributed by atoms with Gasteiger partial charge < -0.3 is 4.90 Å². The van der Waals surface area contributed by atoms with Crippen LogP contribution in [0.1, 0.15) is 49.3 Å². The first-order valence-corrected chi connectivity index (χ1v) is 10.7. The molecule has 1 atom stereocenters. The Morgan fingerprint density at radius 2 is 1.60 bits per heavy atom. The van der Waals surface area contributed by atoms with Crippen LogP contribution in [0, 0.1) is 13.8 Å². The molecule has 1 aromatic heterocycles. The summed E-state index contributed by atoms with van der Waals surface area (Å²) in [5, 5.41) is 12.9. The average Bonchev–Trinajstić information content (AvgIpc) is 3.21. The Balaban J connectivity index is 1.63. The normalized spacial score (nSPS) is 16.6. The number of benzene rings is 2. The van der Waals surface area contributed by atoms with Crippen LogP contribution in [0.25, 0.3) is 0 Å². The van der Waals surface area contributed by atoms with Gasteiger partial charge in [0.2, 0.25) is 0 Å². The number of hydrogen-bond donors (Lipinski definition) is 0. The molecular formula is C24H32N6. The molecule has 0 radical (unpaired) electrons. The van der Waals surface area contributed by atoms with Crippen LogP contribution in [0.2, 0.25) is 0 Å². The minimum absolute atomic E-state index is 0.0428. The van der Waals surface area contributed by atoms with Crippen molar-refractivity contribution in [3.05, 3.63) is 71.0 Å². The third-order valence-electron chi connectivity index (χ3n) is 5.87. The number of tetrazole rings is 1. The van der Waals surface area contributed by atoms with Gasteiger partial charge >= 0.3 is 0 Å². The van der Waals surface area contributed by atoms with E-state index in [0.717, 1.165) is 32.0 Å². The number of anilines is 1. The van der Waals surface area contributed by atoms with Gasteiger partial charge in [-0.15, -0.1) is 5.10 Å². The second-order valence-corrected chi connectivity index (χ2v) is 9.25. The Morgan fingerprint density at radius 3 is 2.27 bits per heavy atom. The van der Waals surface area contributed by atoms with Gasteiger partial charge in [-0.05, 0) is 67.8 Å².